The van der Waals surface area contributed by atoms with Crippen molar-refractivity contribution in [2.24, 2.45) is 0 Å². The van der Waals surface area contributed by atoms with Crippen molar-refractivity contribution in [1.29, 1.82) is 0 Å². The van der Waals surface area contributed by atoms with E-state index in [1.807, 2.05) is 30.3 Å². The van der Waals surface area contributed by atoms with Gasteiger partial charge in [0, 0.05) is 37.4 Å². The molecule has 2 heterocycles. The van der Waals surface area contributed by atoms with Gasteiger partial charge in [0.2, 0.25) is 11.8 Å². The third-order valence-corrected chi connectivity index (χ3v) is 4.55. The third-order valence-electron chi connectivity index (χ3n) is 4.32. The zero-order valence-electron chi connectivity index (χ0n) is 13.9. The Morgan fingerprint density at radius 1 is 1.28 bits per heavy atom. The Bertz CT molecular complexity index is 730. The van der Waals surface area contributed by atoms with Crippen molar-refractivity contribution in [3.05, 3.63) is 59.0 Å². The average molecular weight is 361 g/mol. The molecule has 0 spiro atoms. The number of hydrogen-bond acceptors (Lipinski definition) is 3. The van der Waals surface area contributed by atoms with Gasteiger partial charge in [0.25, 0.3) is 0 Å². The van der Waals surface area contributed by atoms with Gasteiger partial charge in [-0.05, 0) is 36.2 Å². The van der Waals surface area contributed by atoms with E-state index in [2.05, 4.69) is 5.32 Å². The summed E-state index contributed by atoms with van der Waals surface area (Å²) in [4.78, 5) is 26.0. The molecule has 5 nitrogen and oxygen atoms in total. The van der Waals surface area contributed by atoms with E-state index in [9.17, 15) is 9.59 Å². The first kappa shape index (κ1) is 17.5. The van der Waals surface area contributed by atoms with Crippen LogP contribution in [0, 0.1) is 0 Å². The standard InChI is InChI=1S/C19H21ClN2O3/c20-15-4-1-3-14(11-15)8-9-22-13-16(12-19(22)24)21-18(23)7-6-17-5-2-10-25-17/h1-5,10-11,16H,6-9,12-13H2,(H,21,23)/t16-/m1/s1. The van der Waals surface area contributed by atoms with Crippen LogP contribution in [0.5, 0.6) is 0 Å². The van der Waals surface area contributed by atoms with Crippen LogP contribution in [-0.4, -0.2) is 35.8 Å². The van der Waals surface area contributed by atoms with Gasteiger partial charge in [-0.15, -0.1) is 0 Å². The van der Waals surface area contributed by atoms with E-state index in [0.29, 0.717) is 37.4 Å². The lowest BCUT2D eigenvalue weighted by molar-refractivity contribution is -0.127. The van der Waals surface area contributed by atoms with Crippen molar-refractivity contribution < 1.29 is 14.0 Å². The minimum absolute atomic E-state index is 0.0501. The number of benzene rings is 1. The molecule has 1 saturated heterocycles. The normalized spacial score (nSPS) is 17.1. The van der Waals surface area contributed by atoms with Crippen LogP contribution in [0.1, 0.15) is 24.2 Å². The van der Waals surface area contributed by atoms with Gasteiger partial charge in [-0.3, -0.25) is 9.59 Å². The van der Waals surface area contributed by atoms with Gasteiger partial charge < -0.3 is 14.6 Å². The number of aryl methyl sites for hydroxylation is 1. The number of rotatable bonds is 7. The van der Waals surface area contributed by atoms with E-state index in [1.165, 1.54) is 0 Å². The average Bonchev–Trinajstić information content (AvgIpc) is 3.21. The molecule has 6 heteroatoms. The number of amides is 2. The quantitative estimate of drug-likeness (QED) is 0.825. The maximum atomic E-state index is 12.1. The van der Waals surface area contributed by atoms with E-state index in [0.717, 1.165) is 17.7 Å². The first-order valence-corrected chi connectivity index (χ1v) is 8.82. The molecule has 0 radical (unpaired) electrons. The molecule has 1 aliphatic rings. The summed E-state index contributed by atoms with van der Waals surface area (Å²) in [5, 5.41) is 3.65. The zero-order chi connectivity index (χ0) is 17.6. The number of furan rings is 1. The van der Waals surface area contributed by atoms with Gasteiger partial charge in [-0.25, -0.2) is 0 Å². The second-order valence-corrected chi connectivity index (χ2v) is 6.70. The molecule has 1 aliphatic heterocycles. The van der Waals surface area contributed by atoms with Crippen LogP contribution in [0.15, 0.2) is 47.1 Å². The van der Waals surface area contributed by atoms with Crippen molar-refractivity contribution in [2.75, 3.05) is 13.1 Å². The van der Waals surface area contributed by atoms with Gasteiger partial charge >= 0.3 is 0 Å². The van der Waals surface area contributed by atoms with Gasteiger partial charge in [-0.2, -0.15) is 0 Å². The Kier molecular flexibility index (Phi) is 5.76. The zero-order valence-corrected chi connectivity index (χ0v) is 14.7. The minimum Gasteiger partial charge on any atom is -0.469 e. The number of halogens is 1. The molecule has 1 fully saturated rings. The maximum Gasteiger partial charge on any atom is 0.224 e. The van der Waals surface area contributed by atoms with Crippen molar-refractivity contribution in [3.8, 4) is 0 Å². The topological polar surface area (TPSA) is 62.6 Å². The lowest BCUT2D eigenvalue weighted by Gasteiger charge is -2.17. The highest BCUT2D eigenvalue weighted by molar-refractivity contribution is 6.30. The first-order valence-electron chi connectivity index (χ1n) is 8.44. The predicted octanol–water partition coefficient (Wildman–Crippen LogP) is 2.83. The van der Waals surface area contributed by atoms with Gasteiger partial charge in [0.05, 0.1) is 12.3 Å². The van der Waals surface area contributed by atoms with Gasteiger partial charge in [-0.1, -0.05) is 23.7 Å². The van der Waals surface area contributed by atoms with Crippen LogP contribution >= 0.6 is 11.6 Å². The van der Waals surface area contributed by atoms with Crippen LogP contribution < -0.4 is 5.32 Å². The molecule has 1 aromatic heterocycles. The van der Waals surface area contributed by atoms with Crippen LogP contribution in [0.3, 0.4) is 0 Å². The minimum atomic E-state index is -0.115. The Hall–Kier alpha value is -2.27. The molecule has 1 N–H and O–H groups in total. The van der Waals surface area contributed by atoms with E-state index < -0.39 is 0 Å². The summed E-state index contributed by atoms with van der Waals surface area (Å²) in [5.74, 6) is 0.824. The maximum absolute atomic E-state index is 12.1. The number of likely N-dealkylation sites (tertiary alicyclic amines) is 1. The first-order chi connectivity index (χ1) is 12.1. The molecule has 1 atom stereocenters. The number of nitrogens with one attached hydrogen (secondary N) is 1. The number of nitrogens with zero attached hydrogens (tertiary/aromatic N) is 1. The number of carbonyl (C=O) groups excluding carboxylic acids is 2. The smallest absolute Gasteiger partial charge is 0.224 e. The number of hydrogen-bond donors (Lipinski definition) is 1. The molecule has 0 unspecified atom stereocenters. The molecular formula is C19H21ClN2O3. The molecule has 2 amide bonds. The lowest BCUT2D eigenvalue weighted by Crippen LogP contribution is -2.37. The highest BCUT2D eigenvalue weighted by atomic mass is 35.5. The molecule has 0 saturated carbocycles. The predicted molar refractivity (Wildman–Crippen MR) is 95.3 cm³/mol. The summed E-state index contributed by atoms with van der Waals surface area (Å²) in [5.41, 5.74) is 1.10. The largest absolute Gasteiger partial charge is 0.469 e. The highest BCUT2D eigenvalue weighted by Gasteiger charge is 2.30. The van der Waals surface area contributed by atoms with E-state index in [4.69, 9.17) is 16.0 Å². The fraction of sp³-hybridized carbons (Fsp3) is 0.368. The SMILES string of the molecule is O=C(CCc1ccco1)N[C@@H]1CC(=O)N(CCc2cccc(Cl)c2)C1. The monoisotopic (exact) mass is 360 g/mol. The molecule has 25 heavy (non-hydrogen) atoms. The Balaban J connectivity index is 1.43. The van der Waals surface area contributed by atoms with Crippen molar-refractivity contribution in [1.82, 2.24) is 10.2 Å². The van der Waals surface area contributed by atoms with Crippen LogP contribution in [0.4, 0.5) is 0 Å². The second kappa shape index (κ2) is 8.21. The number of carbonyl (C=O) groups is 2. The molecule has 0 bridgehead atoms. The van der Waals surface area contributed by atoms with Crippen LogP contribution in [0.2, 0.25) is 5.02 Å². The van der Waals surface area contributed by atoms with Crippen molar-refractivity contribution in [2.45, 2.75) is 31.7 Å². The van der Waals surface area contributed by atoms with Gasteiger partial charge in [0.1, 0.15) is 5.76 Å². The summed E-state index contributed by atoms with van der Waals surface area (Å²) in [6.45, 7) is 1.20. The van der Waals surface area contributed by atoms with E-state index >= 15 is 0 Å². The van der Waals surface area contributed by atoms with E-state index in [1.54, 1.807) is 17.2 Å². The fourth-order valence-electron chi connectivity index (χ4n) is 3.03. The van der Waals surface area contributed by atoms with Crippen LogP contribution in [0.25, 0.3) is 0 Å². The lowest BCUT2D eigenvalue weighted by atomic mass is 10.1. The molecule has 3 rings (SSSR count). The van der Waals surface area contributed by atoms with Crippen molar-refractivity contribution >= 4 is 23.4 Å². The van der Waals surface area contributed by atoms with Gasteiger partial charge in [0.15, 0.2) is 0 Å². The molecule has 132 valence electrons. The second-order valence-electron chi connectivity index (χ2n) is 6.27. The molecular weight excluding hydrogens is 340 g/mol. The molecule has 0 aliphatic carbocycles. The van der Waals surface area contributed by atoms with Crippen molar-refractivity contribution in [3.63, 3.8) is 0 Å². The Labute approximate surface area is 151 Å². The highest BCUT2D eigenvalue weighted by Crippen LogP contribution is 2.15. The summed E-state index contributed by atoms with van der Waals surface area (Å²) >= 11 is 5.98. The summed E-state index contributed by atoms with van der Waals surface area (Å²) in [6, 6.07) is 11.2. The third kappa shape index (κ3) is 5.10. The molecule has 1 aromatic carbocycles. The Morgan fingerprint density at radius 2 is 2.16 bits per heavy atom. The van der Waals surface area contributed by atoms with E-state index in [-0.39, 0.29) is 17.9 Å². The van der Waals surface area contributed by atoms with Crippen LogP contribution in [-0.2, 0) is 22.4 Å². The Morgan fingerprint density at radius 3 is 2.92 bits per heavy atom. The molecule has 2 aromatic rings. The summed E-state index contributed by atoms with van der Waals surface area (Å²) in [7, 11) is 0. The summed E-state index contributed by atoms with van der Waals surface area (Å²) in [6.07, 6.45) is 3.65. The summed E-state index contributed by atoms with van der Waals surface area (Å²) < 4.78 is 5.22. The fourth-order valence-corrected chi connectivity index (χ4v) is 3.25.